The number of anilines is 2. The zero-order valence-corrected chi connectivity index (χ0v) is 14.8. The molecule has 0 unspecified atom stereocenters. The van der Waals surface area contributed by atoms with Gasteiger partial charge in [-0.25, -0.2) is 16.8 Å². The number of aromatic nitrogens is 2. The van der Waals surface area contributed by atoms with Crippen LogP contribution in [0.2, 0.25) is 0 Å². The van der Waals surface area contributed by atoms with Crippen molar-refractivity contribution in [1.82, 2.24) is 10.2 Å². The van der Waals surface area contributed by atoms with E-state index in [1.165, 1.54) is 31.3 Å². The highest BCUT2D eigenvalue weighted by Gasteiger charge is 2.22. The lowest BCUT2D eigenvalue weighted by Gasteiger charge is -2.17. The second-order valence-corrected chi connectivity index (χ2v) is 8.78. The van der Waals surface area contributed by atoms with Gasteiger partial charge in [-0.2, -0.15) is 5.10 Å². The molecule has 0 aliphatic rings. The summed E-state index contributed by atoms with van der Waals surface area (Å²) < 4.78 is 51.3. The van der Waals surface area contributed by atoms with Crippen LogP contribution in [0.5, 0.6) is 0 Å². The van der Waals surface area contributed by atoms with Gasteiger partial charge in [0.05, 0.1) is 23.3 Å². The molecule has 0 aliphatic heterocycles. The number of sulfonamides is 2. The van der Waals surface area contributed by atoms with Gasteiger partial charge in [-0.05, 0) is 38.1 Å². The summed E-state index contributed by atoms with van der Waals surface area (Å²) >= 11 is 0. The molecule has 10 heteroatoms. The number of hydrogen-bond donors (Lipinski definition) is 2. The Hall–Kier alpha value is -2.07. The van der Waals surface area contributed by atoms with Crippen molar-refractivity contribution >= 4 is 31.4 Å². The van der Waals surface area contributed by atoms with Crippen molar-refractivity contribution in [3.8, 4) is 0 Å². The summed E-state index contributed by atoms with van der Waals surface area (Å²) in [4.78, 5) is 0.106. The van der Waals surface area contributed by atoms with Crippen LogP contribution in [0.4, 0.5) is 11.4 Å². The van der Waals surface area contributed by atoms with E-state index in [-0.39, 0.29) is 4.90 Å². The Morgan fingerprint density at radius 1 is 1.09 bits per heavy atom. The van der Waals surface area contributed by atoms with Gasteiger partial charge in [0.15, 0.2) is 0 Å². The van der Waals surface area contributed by atoms with E-state index < -0.39 is 20.0 Å². The number of aromatic amines is 1. The molecule has 2 N–H and O–H groups in total. The molecule has 1 aromatic carbocycles. The minimum atomic E-state index is -3.77. The van der Waals surface area contributed by atoms with E-state index in [0.717, 1.165) is 10.6 Å². The topological polar surface area (TPSA) is 112 Å². The van der Waals surface area contributed by atoms with Crippen molar-refractivity contribution in [3.05, 3.63) is 35.7 Å². The van der Waals surface area contributed by atoms with Gasteiger partial charge in [-0.15, -0.1) is 0 Å². The standard InChI is InChI=1S/C13H18N4O4S2/c1-9-13(10(2)15-14-9)23(20,21)16-11-5-7-12(8-6-11)17(3)22(4,18)19/h5-8,16H,1-4H3,(H,14,15). The van der Waals surface area contributed by atoms with Crippen molar-refractivity contribution < 1.29 is 16.8 Å². The molecule has 0 atom stereocenters. The van der Waals surface area contributed by atoms with Crippen LogP contribution in [0.1, 0.15) is 11.4 Å². The molecule has 0 aliphatic carbocycles. The molecule has 0 saturated carbocycles. The normalized spacial score (nSPS) is 12.2. The van der Waals surface area contributed by atoms with Gasteiger partial charge in [0, 0.05) is 12.7 Å². The van der Waals surface area contributed by atoms with Gasteiger partial charge in [-0.3, -0.25) is 14.1 Å². The van der Waals surface area contributed by atoms with Gasteiger partial charge >= 0.3 is 0 Å². The molecular weight excluding hydrogens is 340 g/mol. The van der Waals surface area contributed by atoms with E-state index in [9.17, 15) is 16.8 Å². The number of H-pyrrole nitrogens is 1. The van der Waals surface area contributed by atoms with Crippen molar-refractivity contribution in [3.63, 3.8) is 0 Å². The Labute approximate surface area is 135 Å². The summed E-state index contributed by atoms with van der Waals surface area (Å²) in [6.45, 7) is 3.22. The number of hydrogen-bond acceptors (Lipinski definition) is 5. The first kappa shape index (κ1) is 17.3. The summed E-state index contributed by atoms with van der Waals surface area (Å²) in [7, 11) is -5.71. The van der Waals surface area contributed by atoms with Crippen molar-refractivity contribution in [1.29, 1.82) is 0 Å². The van der Waals surface area contributed by atoms with Gasteiger partial charge in [0.25, 0.3) is 10.0 Å². The van der Waals surface area contributed by atoms with E-state index in [1.807, 2.05) is 0 Å². The largest absolute Gasteiger partial charge is 0.281 e. The van der Waals surface area contributed by atoms with E-state index in [2.05, 4.69) is 14.9 Å². The molecule has 0 radical (unpaired) electrons. The average molecular weight is 358 g/mol. The fraction of sp³-hybridized carbons (Fsp3) is 0.308. The van der Waals surface area contributed by atoms with Gasteiger partial charge in [-0.1, -0.05) is 0 Å². The first-order valence-corrected chi connectivity index (χ1v) is 9.94. The molecule has 126 valence electrons. The Morgan fingerprint density at radius 3 is 2.09 bits per heavy atom. The molecule has 0 bridgehead atoms. The summed E-state index contributed by atoms with van der Waals surface area (Å²) in [6, 6.07) is 6.04. The van der Waals surface area contributed by atoms with Crippen molar-refractivity contribution in [2.24, 2.45) is 0 Å². The maximum absolute atomic E-state index is 12.4. The second kappa shape index (κ2) is 5.85. The van der Waals surface area contributed by atoms with Crippen LogP contribution in [0.15, 0.2) is 29.2 Å². The first-order chi connectivity index (χ1) is 10.5. The highest BCUT2D eigenvalue weighted by molar-refractivity contribution is 7.93. The van der Waals surface area contributed by atoms with Crippen LogP contribution in [0.25, 0.3) is 0 Å². The van der Waals surface area contributed by atoms with Gasteiger partial charge in [0.2, 0.25) is 10.0 Å². The second-order valence-electron chi connectivity index (χ2n) is 5.15. The van der Waals surface area contributed by atoms with E-state index in [0.29, 0.717) is 22.8 Å². The van der Waals surface area contributed by atoms with Gasteiger partial charge < -0.3 is 0 Å². The molecule has 23 heavy (non-hydrogen) atoms. The summed E-state index contributed by atoms with van der Waals surface area (Å²) in [5.41, 5.74) is 1.59. The Balaban J connectivity index is 2.28. The minimum absolute atomic E-state index is 0.106. The first-order valence-electron chi connectivity index (χ1n) is 6.61. The third-order valence-corrected chi connectivity index (χ3v) is 6.16. The lowest BCUT2D eigenvalue weighted by molar-refractivity contribution is 0.598. The van der Waals surface area contributed by atoms with Crippen molar-refractivity contribution in [2.45, 2.75) is 18.7 Å². The fourth-order valence-corrected chi connectivity index (χ4v) is 4.01. The zero-order chi connectivity index (χ0) is 17.4. The Morgan fingerprint density at radius 2 is 1.65 bits per heavy atom. The smallest absolute Gasteiger partial charge is 0.265 e. The number of nitrogens with one attached hydrogen (secondary N) is 2. The monoisotopic (exact) mass is 358 g/mol. The third kappa shape index (κ3) is 3.64. The summed E-state index contributed by atoms with van der Waals surface area (Å²) in [5, 5.41) is 6.50. The van der Waals surface area contributed by atoms with Crippen LogP contribution in [-0.4, -0.2) is 40.3 Å². The SMILES string of the molecule is Cc1n[nH]c(C)c1S(=O)(=O)Nc1ccc(N(C)S(C)(=O)=O)cc1. The van der Waals surface area contributed by atoms with Gasteiger partial charge in [0.1, 0.15) is 4.90 Å². The predicted octanol–water partition coefficient (Wildman–Crippen LogP) is 1.22. The van der Waals surface area contributed by atoms with Crippen LogP contribution in [0.3, 0.4) is 0 Å². The third-order valence-electron chi connectivity index (χ3n) is 3.31. The lowest BCUT2D eigenvalue weighted by atomic mass is 10.3. The van der Waals surface area contributed by atoms with E-state index >= 15 is 0 Å². The number of rotatable bonds is 5. The molecular formula is C13H18N4O4S2. The predicted molar refractivity (Wildman–Crippen MR) is 88.6 cm³/mol. The molecule has 8 nitrogen and oxygen atoms in total. The molecule has 0 fully saturated rings. The molecule has 1 aromatic heterocycles. The Kier molecular flexibility index (Phi) is 4.40. The highest BCUT2D eigenvalue weighted by Crippen LogP contribution is 2.23. The molecule has 0 spiro atoms. The number of nitrogens with zero attached hydrogens (tertiary/aromatic N) is 2. The average Bonchev–Trinajstić information content (AvgIpc) is 2.77. The van der Waals surface area contributed by atoms with Crippen LogP contribution < -0.4 is 9.03 Å². The fourth-order valence-electron chi connectivity index (χ4n) is 2.07. The highest BCUT2D eigenvalue weighted by atomic mass is 32.2. The maximum Gasteiger partial charge on any atom is 0.265 e. The minimum Gasteiger partial charge on any atom is -0.281 e. The van der Waals surface area contributed by atoms with Crippen LogP contribution in [-0.2, 0) is 20.0 Å². The summed E-state index contributed by atoms with van der Waals surface area (Å²) in [5.74, 6) is 0. The summed E-state index contributed by atoms with van der Waals surface area (Å²) in [6.07, 6.45) is 1.09. The molecule has 2 aromatic rings. The van der Waals surface area contributed by atoms with E-state index in [4.69, 9.17) is 0 Å². The van der Waals surface area contributed by atoms with Crippen LogP contribution >= 0.6 is 0 Å². The number of benzene rings is 1. The number of aryl methyl sites for hydroxylation is 2. The van der Waals surface area contributed by atoms with Crippen LogP contribution in [0, 0.1) is 13.8 Å². The quantitative estimate of drug-likeness (QED) is 0.834. The molecule has 0 saturated heterocycles. The Bertz CT molecular complexity index is 896. The van der Waals surface area contributed by atoms with Crippen molar-refractivity contribution in [2.75, 3.05) is 22.3 Å². The zero-order valence-electron chi connectivity index (χ0n) is 13.2. The lowest BCUT2D eigenvalue weighted by Crippen LogP contribution is -2.24. The molecule has 0 amide bonds. The molecule has 1 heterocycles. The van der Waals surface area contributed by atoms with E-state index in [1.54, 1.807) is 13.8 Å². The maximum atomic E-state index is 12.4. The molecule has 2 rings (SSSR count).